The van der Waals surface area contributed by atoms with Gasteiger partial charge in [-0.2, -0.15) is 0 Å². The lowest BCUT2D eigenvalue weighted by Crippen LogP contribution is -2.00. The molecule has 19 heavy (non-hydrogen) atoms. The van der Waals surface area contributed by atoms with Gasteiger partial charge in [-0.1, -0.05) is 36.4 Å². The monoisotopic (exact) mass is 256 g/mol. The van der Waals surface area contributed by atoms with Crippen molar-refractivity contribution in [3.8, 4) is 11.1 Å². The number of carboxylic acids is 1. The van der Waals surface area contributed by atoms with E-state index in [2.05, 4.69) is 6.58 Å². The van der Waals surface area contributed by atoms with Crippen molar-refractivity contribution in [2.45, 2.75) is 6.42 Å². The molecule has 0 amide bonds. The smallest absolute Gasteiger partial charge is 0.338 e. The van der Waals surface area contributed by atoms with E-state index in [0.29, 0.717) is 5.56 Å². The van der Waals surface area contributed by atoms with Crippen LogP contribution in [0.5, 0.6) is 0 Å². The maximum Gasteiger partial charge on any atom is 0.338 e. The Balaban J connectivity index is 2.34. The molecule has 0 fully saturated rings. The molecular formula is C16H13FO2. The van der Waals surface area contributed by atoms with E-state index in [1.54, 1.807) is 6.07 Å². The Kier molecular flexibility index (Phi) is 3.76. The van der Waals surface area contributed by atoms with E-state index < -0.39 is 11.8 Å². The van der Waals surface area contributed by atoms with Crippen LogP contribution in [0.4, 0.5) is 4.39 Å². The van der Waals surface area contributed by atoms with E-state index in [-0.39, 0.29) is 5.56 Å². The second kappa shape index (κ2) is 5.48. The maximum absolute atomic E-state index is 13.6. The molecule has 0 aliphatic heterocycles. The van der Waals surface area contributed by atoms with Crippen molar-refractivity contribution in [3.05, 3.63) is 72.1 Å². The summed E-state index contributed by atoms with van der Waals surface area (Å²) >= 11 is 0. The predicted molar refractivity (Wildman–Crippen MR) is 72.7 cm³/mol. The number of benzene rings is 2. The molecule has 0 atom stereocenters. The summed E-state index contributed by atoms with van der Waals surface area (Å²) in [5.41, 5.74) is 2.32. The van der Waals surface area contributed by atoms with Crippen LogP contribution in [0.1, 0.15) is 15.9 Å². The fourth-order valence-electron chi connectivity index (χ4n) is 1.87. The summed E-state index contributed by atoms with van der Waals surface area (Å²) in [6.45, 7) is 3.67. The Morgan fingerprint density at radius 1 is 1.16 bits per heavy atom. The third-order valence-electron chi connectivity index (χ3n) is 2.87. The standard InChI is InChI=1S/C16H13FO2/c1-2-3-11-4-6-12(7-5-11)13-8-9-14(16(18)19)15(17)10-13/h2,4-10H,1,3H2,(H,18,19). The van der Waals surface area contributed by atoms with Crippen molar-refractivity contribution in [2.75, 3.05) is 0 Å². The Morgan fingerprint density at radius 2 is 1.79 bits per heavy atom. The molecule has 2 nitrogen and oxygen atoms in total. The molecule has 96 valence electrons. The molecule has 1 N–H and O–H groups in total. The molecule has 0 heterocycles. The van der Waals surface area contributed by atoms with Crippen LogP contribution in [-0.4, -0.2) is 11.1 Å². The van der Waals surface area contributed by atoms with Crippen LogP contribution in [0.25, 0.3) is 11.1 Å². The Hall–Kier alpha value is -2.42. The molecule has 2 aromatic carbocycles. The zero-order valence-corrected chi connectivity index (χ0v) is 10.3. The molecule has 0 saturated carbocycles. The van der Waals surface area contributed by atoms with Crippen molar-refractivity contribution < 1.29 is 14.3 Å². The minimum Gasteiger partial charge on any atom is -0.478 e. The first kappa shape index (κ1) is 13.0. The lowest BCUT2D eigenvalue weighted by atomic mass is 10.0. The van der Waals surface area contributed by atoms with Gasteiger partial charge in [-0.25, -0.2) is 9.18 Å². The number of aromatic carboxylic acids is 1. The molecular weight excluding hydrogens is 243 g/mol. The van der Waals surface area contributed by atoms with Crippen LogP contribution >= 0.6 is 0 Å². The summed E-state index contributed by atoms with van der Waals surface area (Å²) in [5, 5.41) is 8.77. The SMILES string of the molecule is C=CCc1ccc(-c2ccc(C(=O)O)c(F)c2)cc1. The lowest BCUT2D eigenvalue weighted by Gasteiger charge is -2.05. The Morgan fingerprint density at radius 3 is 2.32 bits per heavy atom. The predicted octanol–water partition coefficient (Wildman–Crippen LogP) is 3.92. The first-order valence-corrected chi connectivity index (χ1v) is 5.85. The van der Waals surface area contributed by atoms with Gasteiger partial charge in [0.05, 0.1) is 5.56 Å². The van der Waals surface area contributed by atoms with Gasteiger partial charge in [-0.05, 0) is 35.2 Å². The number of hydrogen-bond donors (Lipinski definition) is 1. The maximum atomic E-state index is 13.6. The molecule has 2 aromatic rings. The highest BCUT2D eigenvalue weighted by molar-refractivity contribution is 5.88. The minimum absolute atomic E-state index is 0.313. The van der Waals surface area contributed by atoms with Gasteiger partial charge in [0.1, 0.15) is 5.82 Å². The minimum atomic E-state index is -1.26. The van der Waals surface area contributed by atoms with Crippen LogP contribution in [0, 0.1) is 5.82 Å². The quantitative estimate of drug-likeness (QED) is 0.842. The highest BCUT2D eigenvalue weighted by atomic mass is 19.1. The largest absolute Gasteiger partial charge is 0.478 e. The molecule has 0 aliphatic rings. The van der Waals surface area contributed by atoms with Gasteiger partial charge in [0, 0.05) is 0 Å². The van der Waals surface area contributed by atoms with Crippen molar-refractivity contribution in [3.63, 3.8) is 0 Å². The fraction of sp³-hybridized carbons (Fsp3) is 0.0625. The van der Waals surface area contributed by atoms with Crippen LogP contribution < -0.4 is 0 Å². The van der Waals surface area contributed by atoms with Crippen molar-refractivity contribution >= 4 is 5.97 Å². The van der Waals surface area contributed by atoms with Crippen LogP contribution in [0.15, 0.2) is 55.1 Å². The summed E-state index contributed by atoms with van der Waals surface area (Å²) in [6.07, 6.45) is 2.60. The summed E-state index contributed by atoms with van der Waals surface area (Å²) in [7, 11) is 0. The topological polar surface area (TPSA) is 37.3 Å². The number of halogens is 1. The Labute approximate surface area is 110 Å². The molecule has 3 heteroatoms. The fourth-order valence-corrected chi connectivity index (χ4v) is 1.87. The number of hydrogen-bond acceptors (Lipinski definition) is 1. The van der Waals surface area contributed by atoms with E-state index >= 15 is 0 Å². The first-order chi connectivity index (χ1) is 9.11. The van der Waals surface area contributed by atoms with Gasteiger partial charge in [-0.15, -0.1) is 6.58 Å². The summed E-state index contributed by atoms with van der Waals surface area (Å²) in [4.78, 5) is 10.7. The zero-order valence-electron chi connectivity index (χ0n) is 10.3. The van der Waals surface area contributed by atoms with Gasteiger partial charge in [0.2, 0.25) is 0 Å². The van der Waals surface area contributed by atoms with Crippen LogP contribution in [0.2, 0.25) is 0 Å². The van der Waals surface area contributed by atoms with E-state index in [1.165, 1.54) is 12.1 Å². The van der Waals surface area contributed by atoms with Crippen molar-refractivity contribution in [1.29, 1.82) is 0 Å². The Bertz CT molecular complexity index is 615. The van der Waals surface area contributed by atoms with Crippen LogP contribution in [-0.2, 0) is 6.42 Å². The third-order valence-corrected chi connectivity index (χ3v) is 2.87. The molecule has 0 aromatic heterocycles. The second-order valence-electron chi connectivity index (χ2n) is 4.19. The van der Waals surface area contributed by atoms with Crippen molar-refractivity contribution in [1.82, 2.24) is 0 Å². The average molecular weight is 256 g/mol. The summed E-state index contributed by atoms with van der Waals surface area (Å²) in [6, 6.07) is 11.8. The molecule has 0 spiro atoms. The van der Waals surface area contributed by atoms with Crippen molar-refractivity contribution in [2.24, 2.45) is 0 Å². The summed E-state index contributed by atoms with van der Waals surface area (Å²) < 4.78 is 13.6. The molecule has 0 aliphatic carbocycles. The first-order valence-electron chi connectivity index (χ1n) is 5.85. The normalized spacial score (nSPS) is 10.2. The molecule has 2 rings (SSSR count). The van der Waals surface area contributed by atoms with E-state index in [4.69, 9.17) is 5.11 Å². The van der Waals surface area contributed by atoms with Gasteiger partial charge in [-0.3, -0.25) is 0 Å². The second-order valence-corrected chi connectivity index (χ2v) is 4.19. The average Bonchev–Trinajstić information content (AvgIpc) is 2.39. The number of carbonyl (C=O) groups is 1. The highest BCUT2D eigenvalue weighted by Crippen LogP contribution is 2.22. The molecule has 0 radical (unpaired) electrons. The third kappa shape index (κ3) is 2.88. The van der Waals surface area contributed by atoms with Gasteiger partial charge in [0.25, 0.3) is 0 Å². The molecule has 0 unspecified atom stereocenters. The molecule has 0 saturated heterocycles. The van der Waals surface area contributed by atoms with E-state index in [1.807, 2.05) is 30.3 Å². The van der Waals surface area contributed by atoms with E-state index in [9.17, 15) is 9.18 Å². The number of allylic oxidation sites excluding steroid dienone is 1. The van der Waals surface area contributed by atoms with Gasteiger partial charge >= 0.3 is 5.97 Å². The highest BCUT2D eigenvalue weighted by Gasteiger charge is 2.10. The zero-order chi connectivity index (χ0) is 13.8. The molecule has 0 bridgehead atoms. The van der Waals surface area contributed by atoms with E-state index in [0.717, 1.165) is 17.5 Å². The van der Waals surface area contributed by atoms with Gasteiger partial charge in [0.15, 0.2) is 0 Å². The number of rotatable bonds is 4. The summed E-state index contributed by atoms with van der Waals surface area (Å²) in [5.74, 6) is -1.98. The van der Waals surface area contributed by atoms with Gasteiger partial charge < -0.3 is 5.11 Å². The lowest BCUT2D eigenvalue weighted by molar-refractivity contribution is 0.0692. The number of carboxylic acid groups (broad SMARTS) is 1. The van der Waals surface area contributed by atoms with Crippen LogP contribution in [0.3, 0.4) is 0 Å².